The number of rotatable bonds is 3. The second-order valence-electron chi connectivity index (χ2n) is 6.32. The third kappa shape index (κ3) is 3.48. The zero-order valence-electron chi connectivity index (χ0n) is 12.8. The fourth-order valence-corrected chi connectivity index (χ4v) is 3.43. The summed E-state index contributed by atoms with van der Waals surface area (Å²) in [6.45, 7) is 4.22. The highest BCUT2D eigenvalue weighted by Crippen LogP contribution is 2.36. The summed E-state index contributed by atoms with van der Waals surface area (Å²) in [5.41, 5.74) is -0.649. The number of urea groups is 1. The SMILES string of the molecule is CCCC1(C(=O)O)CCN(C(=O)N2CCC(O)CC2)CC1. The summed E-state index contributed by atoms with van der Waals surface area (Å²) in [7, 11) is 0. The highest BCUT2D eigenvalue weighted by atomic mass is 16.4. The molecular formula is C15H26N2O4. The summed E-state index contributed by atoms with van der Waals surface area (Å²) in [6, 6.07) is -0.00242. The maximum atomic E-state index is 12.4. The molecule has 2 saturated heterocycles. The molecule has 2 fully saturated rings. The first-order valence-electron chi connectivity index (χ1n) is 7.94. The quantitative estimate of drug-likeness (QED) is 0.828. The predicted molar refractivity (Wildman–Crippen MR) is 78.0 cm³/mol. The molecule has 0 bridgehead atoms. The van der Waals surface area contributed by atoms with E-state index < -0.39 is 11.4 Å². The van der Waals surface area contributed by atoms with Crippen LogP contribution in [0.5, 0.6) is 0 Å². The van der Waals surface area contributed by atoms with Crippen LogP contribution in [0, 0.1) is 5.41 Å². The number of aliphatic hydroxyl groups is 1. The van der Waals surface area contributed by atoms with Crippen molar-refractivity contribution in [2.75, 3.05) is 26.2 Å². The summed E-state index contributed by atoms with van der Waals surface area (Å²) in [6.07, 6.45) is 3.59. The van der Waals surface area contributed by atoms with Crippen LogP contribution < -0.4 is 0 Å². The molecule has 0 radical (unpaired) electrons. The first-order chi connectivity index (χ1) is 9.98. The van der Waals surface area contributed by atoms with Crippen molar-refractivity contribution in [3.8, 4) is 0 Å². The number of carbonyl (C=O) groups is 2. The summed E-state index contributed by atoms with van der Waals surface area (Å²) in [5.74, 6) is -0.724. The Balaban J connectivity index is 1.91. The number of carboxylic acids is 1. The van der Waals surface area contributed by atoms with Crippen molar-refractivity contribution in [1.29, 1.82) is 0 Å². The fraction of sp³-hybridized carbons (Fsp3) is 0.867. The van der Waals surface area contributed by atoms with Gasteiger partial charge in [-0.2, -0.15) is 0 Å². The van der Waals surface area contributed by atoms with Gasteiger partial charge in [0.1, 0.15) is 0 Å². The normalized spacial score (nSPS) is 23.1. The molecule has 0 aromatic rings. The lowest BCUT2D eigenvalue weighted by atomic mass is 9.75. The lowest BCUT2D eigenvalue weighted by molar-refractivity contribution is -0.152. The lowest BCUT2D eigenvalue weighted by Gasteiger charge is -2.41. The molecular weight excluding hydrogens is 272 g/mol. The second-order valence-corrected chi connectivity index (χ2v) is 6.32. The van der Waals surface area contributed by atoms with Gasteiger partial charge in [-0.15, -0.1) is 0 Å². The summed E-state index contributed by atoms with van der Waals surface area (Å²) in [4.78, 5) is 27.5. The molecule has 0 aromatic carbocycles. The van der Waals surface area contributed by atoms with Gasteiger partial charge < -0.3 is 20.0 Å². The number of hydrogen-bond donors (Lipinski definition) is 2. The van der Waals surface area contributed by atoms with Gasteiger partial charge in [-0.25, -0.2) is 4.79 Å². The molecule has 6 nitrogen and oxygen atoms in total. The number of amides is 2. The van der Waals surface area contributed by atoms with Crippen molar-refractivity contribution in [3.05, 3.63) is 0 Å². The second kappa shape index (κ2) is 6.64. The van der Waals surface area contributed by atoms with Crippen LogP contribution in [0.15, 0.2) is 0 Å². The first kappa shape index (κ1) is 16.1. The number of aliphatic carboxylic acids is 1. The topological polar surface area (TPSA) is 81.1 Å². The number of likely N-dealkylation sites (tertiary alicyclic amines) is 2. The minimum absolute atomic E-state index is 0.00242. The Kier molecular flexibility index (Phi) is 5.08. The zero-order valence-corrected chi connectivity index (χ0v) is 12.8. The molecule has 0 aromatic heterocycles. The molecule has 2 aliphatic rings. The Morgan fingerprint density at radius 2 is 1.62 bits per heavy atom. The monoisotopic (exact) mass is 298 g/mol. The molecule has 0 saturated carbocycles. The van der Waals surface area contributed by atoms with Crippen LogP contribution in [-0.2, 0) is 4.79 Å². The van der Waals surface area contributed by atoms with E-state index in [-0.39, 0.29) is 12.1 Å². The molecule has 0 spiro atoms. The van der Waals surface area contributed by atoms with Crippen LogP contribution in [0.25, 0.3) is 0 Å². The van der Waals surface area contributed by atoms with Crippen LogP contribution >= 0.6 is 0 Å². The van der Waals surface area contributed by atoms with E-state index in [9.17, 15) is 19.8 Å². The fourth-order valence-electron chi connectivity index (χ4n) is 3.43. The number of hydrogen-bond acceptors (Lipinski definition) is 3. The molecule has 2 aliphatic heterocycles. The largest absolute Gasteiger partial charge is 0.481 e. The average Bonchev–Trinajstić information content (AvgIpc) is 2.48. The van der Waals surface area contributed by atoms with Gasteiger partial charge in [-0.1, -0.05) is 13.3 Å². The molecule has 120 valence electrons. The Hall–Kier alpha value is -1.30. The highest BCUT2D eigenvalue weighted by molar-refractivity contribution is 5.77. The van der Waals surface area contributed by atoms with E-state index in [1.807, 2.05) is 6.92 Å². The van der Waals surface area contributed by atoms with E-state index in [4.69, 9.17) is 0 Å². The van der Waals surface area contributed by atoms with E-state index >= 15 is 0 Å². The van der Waals surface area contributed by atoms with Gasteiger partial charge in [0.05, 0.1) is 11.5 Å². The Morgan fingerprint density at radius 1 is 1.10 bits per heavy atom. The Labute approximate surface area is 125 Å². The van der Waals surface area contributed by atoms with Crippen molar-refractivity contribution in [2.24, 2.45) is 5.41 Å². The van der Waals surface area contributed by atoms with Gasteiger partial charge in [-0.3, -0.25) is 4.79 Å². The average molecular weight is 298 g/mol. The number of aliphatic hydroxyl groups excluding tert-OH is 1. The maximum absolute atomic E-state index is 12.4. The minimum Gasteiger partial charge on any atom is -0.481 e. The van der Waals surface area contributed by atoms with Crippen molar-refractivity contribution in [2.45, 2.75) is 51.6 Å². The molecule has 2 rings (SSSR count). The van der Waals surface area contributed by atoms with Gasteiger partial charge in [0, 0.05) is 26.2 Å². The molecule has 0 aliphatic carbocycles. The minimum atomic E-state index is -0.724. The smallest absolute Gasteiger partial charge is 0.320 e. The van der Waals surface area contributed by atoms with Crippen molar-refractivity contribution < 1.29 is 19.8 Å². The number of nitrogens with zero attached hydrogens (tertiary/aromatic N) is 2. The standard InChI is InChI=1S/C15H26N2O4/c1-2-5-15(13(19)20)6-10-17(11-7-15)14(21)16-8-3-12(18)4-9-16/h12,18H,2-11H2,1H3,(H,19,20). The van der Waals surface area contributed by atoms with E-state index in [1.165, 1.54) is 0 Å². The number of carbonyl (C=O) groups excluding carboxylic acids is 1. The van der Waals surface area contributed by atoms with Crippen molar-refractivity contribution in [1.82, 2.24) is 9.80 Å². The van der Waals surface area contributed by atoms with Crippen LogP contribution in [0.1, 0.15) is 45.4 Å². The lowest BCUT2D eigenvalue weighted by Crippen LogP contribution is -2.52. The van der Waals surface area contributed by atoms with Crippen LogP contribution in [0.3, 0.4) is 0 Å². The zero-order chi connectivity index (χ0) is 15.5. The molecule has 2 N–H and O–H groups in total. The van der Waals surface area contributed by atoms with Gasteiger partial charge in [0.25, 0.3) is 0 Å². The maximum Gasteiger partial charge on any atom is 0.320 e. The number of piperidine rings is 2. The van der Waals surface area contributed by atoms with E-state index in [2.05, 4.69) is 0 Å². The van der Waals surface area contributed by atoms with Crippen molar-refractivity contribution in [3.63, 3.8) is 0 Å². The van der Waals surface area contributed by atoms with Gasteiger partial charge in [0.2, 0.25) is 0 Å². The summed E-state index contributed by atoms with van der Waals surface area (Å²) >= 11 is 0. The molecule has 21 heavy (non-hydrogen) atoms. The molecule has 0 unspecified atom stereocenters. The molecule has 2 amide bonds. The Bertz CT molecular complexity index is 383. The third-order valence-corrected chi connectivity index (χ3v) is 4.91. The summed E-state index contributed by atoms with van der Waals surface area (Å²) in [5, 5.41) is 19.0. The number of carboxylic acid groups (broad SMARTS) is 1. The van der Waals surface area contributed by atoms with Gasteiger partial charge >= 0.3 is 12.0 Å². The van der Waals surface area contributed by atoms with Gasteiger partial charge in [-0.05, 0) is 32.1 Å². The molecule has 0 atom stereocenters. The molecule has 2 heterocycles. The van der Waals surface area contributed by atoms with Crippen LogP contribution in [-0.4, -0.2) is 64.3 Å². The summed E-state index contributed by atoms with van der Waals surface area (Å²) < 4.78 is 0. The van der Waals surface area contributed by atoms with Crippen LogP contribution in [0.4, 0.5) is 4.79 Å². The van der Waals surface area contributed by atoms with E-state index in [0.29, 0.717) is 58.3 Å². The Morgan fingerprint density at radius 3 is 2.10 bits per heavy atom. The highest BCUT2D eigenvalue weighted by Gasteiger charge is 2.42. The van der Waals surface area contributed by atoms with Gasteiger partial charge in [0.15, 0.2) is 0 Å². The van der Waals surface area contributed by atoms with E-state index in [0.717, 1.165) is 6.42 Å². The van der Waals surface area contributed by atoms with E-state index in [1.54, 1.807) is 9.80 Å². The van der Waals surface area contributed by atoms with Crippen molar-refractivity contribution >= 4 is 12.0 Å². The molecule has 6 heteroatoms. The predicted octanol–water partition coefficient (Wildman–Crippen LogP) is 1.53. The first-order valence-corrected chi connectivity index (χ1v) is 7.94. The van der Waals surface area contributed by atoms with Crippen LogP contribution in [0.2, 0.25) is 0 Å². The third-order valence-electron chi connectivity index (χ3n) is 4.91.